The maximum Gasteiger partial charge on any atom is 0.162 e. The van der Waals surface area contributed by atoms with Gasteiger partial charge in [0.15, 0.2) is 5.82 Å². The fourth-order valence-electron chi connectivity index (χ4n) is 3.56. The third-order valence-corrected chi connectivity index (χ3v) is 4.96. The fraction of sp³-hybridized carbons (Fsp3) is 0. The van der Waals surface area contributed by atoms with Crippen molar-refractivity contribution < 1.29 is 0 Å². The Hall–Kier alpha value is -4.18. The molecular weight excluding hydrogens is 368 g/mol. The van der Waals surface area contributed by atoms with Crippen molar-refractivity contribution in [2.24, 2.45) is 0 Å². The Balaban J connectivity index is 1.74. The van der Waals surface area contributed by atoms with E-state index in [2.05, 4.69) is 63.5 Å². The van der Waals surface area contributed by atoms with Gasteiger partial charge < -0.3 is 0 Å². The topological polar surface area (TPSA) is 51.6 Å². The van der Waals surface area contributed by atoms with Crippen molar-refractivity contribution in [3.05, 3.63) is 110 Å². The van der Waals surface area contributed by atoms with Crippen LogP contribution in [0, 0.1) is 0 Å². The average molecular weight is 386 g/mol. The molecule has 142 valence electrons. The number of hydrogen-bond acceptors (Lipinski definition) is 4. The van der Waals surface area contributed by atoms with E-state index in [1.165, 1.54) is 12.7 Å². The minimum Gasteiger partial charge on any atom is -0.256 e. The molecule has 4 nitrogen and oxygen atoms in total. The first-order chi connectivity index (χ1) is 14.9. The molecule has 30 heavy (non-hydrogen) atoms. The summed E-state index contributed by atoms with van der Waals surface area (Å²) in [6, 6.07) is 31.1. The molecule has 0 radical (unpaired) electrons. The lowest BCUT2D eigenvalue weighted by molar-refractivity contribution is 1.06. The maximum absolute atomic E-state index is 4.74. The molecule has 0 unspecified atom stereocenters. The molecule has 0 N–H and O–H groups in total. The highest BCUT2D eigenvalue weighted by Crippen LogP contribution is 2.35. The van der Waals surface area contributed by atoms with Gasteiger partial charge in [-0.15, -0.1) is 0 Å². The van der Waals surface area contributed by atoms with E-state index in [9.17, 15) is 0 Å². The third-order valence-electron chi connectivity index (χ3n) is 4.96. The summed E-state index contributed by atoms with van der Waals surface area (Å²) >= 11 is 0. The second-order valence-electron chi connectivity index (χ2n) is 6.89. The first kappa shape index (κ1) is 17.9. The highest BCUT2D eigenvalue weighted by atomic mass is 15.0. The van der Waals surface area contributed by atoms with Crippen LogP contribution in [0.3, 0.4) is 0 Å². The van der Waals surface area contributed by atoms with Gasteiger partial charge in [-0.3, -0.25) is 4.98 Å². The first-order valence-corrected chi connectivity index (χ1v) is 9.72. The number of benzene rings is 3. The Kier molecular flexibility index (Phi) is 4.80. The van der Waals surface area contributed by atoms with E-state index in [0.717, 1.165) is 39.1 Å². The smallest absolute Gasteiger partial charge is 0.162 e. The van der Waals surface area contributed by atoms with Gasteiger partial charge in [0.2, 0.25) is 0 Å². The van der Waals surface area contributed by atoms with Crippen molar-refractivity contribution in [2.45, 2.75) is 0 Å². The Labute approximate surface area is 175 Å². The van der Waals surface area contributed by atoms with Gasteiger partial charge in [0.25, 0.3) is 0 Å². The van der Waals surface area contributed by atoms with Crippen molar-refractivity contribution in [3.63, 3.8) is 0 Å². The molecule has 5 rings (SSSR count). The van der Waals surface area contributed by atoms with Gasteiger partial charge in [-0.1, -0.05) is 66.7 Å². The number of aromatic nitrogens is 4. The largest absolute Gasteiger partial charge is 0.256 e. The minimum absolute atomic E-state index is 0.640. The Morgan fingerprint density at radius 3 is 1.83 bits per heavy atom. The molecule has 4 heteroatoms. The van der Waals surface area contributed by atoms with Gasteiger partial charge in [-0.05, 0) is 41.0 Å². The summed E-state index contributed by atoms with van der Waals surface area (Å²) < 4.78 is 0. The van der Waals surface area contributed by atoms with Gasteiger partial charge in [-0.25, -0.2) is 15.0 Å². The van der Waals surface area contributed by atoms with E-state index in [1.807, 2.05) is 48.7 Å². The molecule has 5 aromatic rings. The number of pyridine rings is 1. The van der Waals surface area contributed by atoms with Crippen LogP contribution in [0.2, 0.25) is 0 Å². The molecule has 0 aliphatic carbocycles. The molecule has 0 spiro atoms. The van der Waals surface area contributed by atoms with Gasteiger partial charge in [0, 0.05) is 22.9 Å². The zero-order chi connectivity index (χ0) is 20.2. The molecule has 0 aliphatic rings. The molecule has 0 amide bonds. The van der Waals surface area contributed by atoms with Gasteiger partial charge in [-0.2, -0.15) is 0 Å². The number of rotatable bonds is 4. The van der Waals surface area contributed by atoms with Crippen LogP contribution < -0.4 is 0 Å². The number of hydrogen-bond donors (Lipinski definition) is 0. The lowest BCUT2D eigenvalue weighted by Gasteiger charge is -2.13. The summed E-state index contributed by atoms with van der Waals surface area (Å²) in [6.45, 7) is 0. The van der Waals surface area contributed by atoms with E-state index < -0.39 is 0 Å². The quantitative estimate of drug-likeness (QED) is 0.384. The maximum atomic E-state index is 4.74. The third kappa shape index (κ3) is 3.59. The Bertz CT molecular complexity index is 1210. The standard InChI is InChI=1S/C26H18N4/c1-3-8-19(9-4-1)21-14-22(16-23(15-21)26-29-17-27-18-30-26)25-24(12-7-13-28-25)20-10-5-2-6-11-20/h1-18H. The lowest BCUT2D eigenvalue weighted by atomic mass is 9.94. The highest BCUT2D eigenvalue weighted by molar-refractivity contribution is 5.85. The van der Waals surface area contributed by atoms with Gasteiger partial charge in [0.1, 0.15) is 12.7 Å². The summed E-state index contributed by atoms with van der Waals surface area (Å²) in [5.74, 6) is 0.640. The second kappa shape index (κ2) is 8.05. The molecule has 2 heterocycles. The van der Waals surface area contributed by atoms with Crippen LogP contribution in [0.4, 0.5) is 0 Å². The van der Waals surface area contributed by atoms with Crippen molar-refractivity contribution in [3.8, 4) is 44.9 Å². The summed E-state index contributed by atoms with van der Waals surface area (Å²) in [6.07, 6.45) is 4.88. The van der Waals surface area contributed by atoms with Crippen molar-refractivity contribution >= 4 is 0 Å². The molecule has 0 saturated carbocycles. The van der Waals surface area contributed by atoms with Crippen LogP contribution in [0.25, 0.3) is 44.9 Å². The zero-order valence-electron chi connectivity index (χ0n) is 16.2. The van der Waals surface area contributed by atoms with Crippen LogP contribution >= 0.6 is 0 Å². The van der Waals surface area contributed by atoms with E-state index in [-0.39, 0.29) is 0 Å². The van der Waals surface area contributed by atoms with Gasteiger partial charge >= 0.3 is 0 Å². The molecule has 0 bridgehead atoms. The van der Waals surface area contributed by atoms with E-state index >= 15 is 0 Å². The molecule has 0 atom stereocenters. The van der Waals surface area contributed by atoms with Crippen molar-refractivity contribution in [1.29, 1.82) is 0 Å². The SMILES string of the molecule is c1ccc(-c2cc(-c3ncncn3)cc(-c3ncccc3-c3ccccc3)c2)cc1. The van der Waals surface area contributed by atoms with Crippen LogP contribution in [0.15, 0.2) is 110 Å². The van der Waals surface area contributed by atoms with E-state index in [1.54, 1.807) is 0 Å². The van der Waals surface area contributed by atoms with E-state index in [4.69, 9.17) is 4.98 Å². The minimum atomic E-state index is 0.640. The molecule has 2 aromatic heterocycles. The van der Waals surface area contributed by atoms with Crippen molar-refractivity contribution in [2.75, 3.05) is 0 Å². The number of nitrogens with zero attached hydrogens (tertiary/aromatic N) is 4. The lowest BCUT2D eigenvalue weighted by Crippen LogP contribution is -1.94. The Morgan fingerprint density at radius 2 is 1.10 bits per heavy atom. The molecule has 0 aliphatic heterocycles. The van der Waals surface area contributed by atoms with E-state index in [0.29, 0.717) is 5.82 Å². The summed E-state index contributed by atoms with van der Waals surface area (Å²) in [7, 11) is 0. The predicted molar refractivity (Wildman–Crippen MR) is 119 cm³/mol. The fourth-order valence-corrected chi connectivity index (χ4v) is 3.56. The molecule has 0 saturated heterocycles. The summed E-state index contributed by atoms with van der Waals surface area (Å²) in [5.41, 5.74) is 7.32. The zero-order valence-corrected chi connectivity index (χ0v) is 16.2. The predicted octanol–water partition coefficient (Wildman–Crippen LogP) is 5.93. The highest BCUT2D eigenvalue weighted by Gasteiger charge is 2.13. The molecular formula is C26H18N4. The van der Waals surface area contributed by atoms with Crippen LogP contribution in [0.1, 0.15) is 0 Å². The average Bonchev–Trinajstić information content (AvgIpc) is 2.85. The normalized spacial score (nSPS) is 10.7. The second-order valence-corrected chi connectivity index (χ2v) is 6.89. The summed E-state index contributed by atoms with van der Waals surface area (Å²) in [4.78, 5) is 17.4. The molecule has 0 fully saturated rings. The Morgan fingerprint density at radius 1 is 0.467 bits per heavy atom. The van der Waals surface area contributed by atoms with Gasteiger partial charge in [0.05, 0.1) is 5.69 Å². The molecule has 3 aromatic carbocycles. The monoisotopic (exact) mass is 386 g/mol. The van der Waals surface area contributed by atoms with Crippen LogP contribution in [0.5, 0.6) is 0 Å². The first-order valence-electron chi connectivity index (χ1n) is 9.72. The van der Waals surface area contributed by atoms with Crippen molar-refractivity contribution in [1.82, 2.24) is 19.9 Å². The van der Waals surface area contributed by atoms with Crippen LogP contribution in [-0.2, 0) is 0 Å². The van der Waals surface area contributed by atoms with Crippen LogP contribution in [-0.4, -0.2) is 19.9 Å². The summed E-state index contributed by atoms with van der Waals surface area (Å²) in [5, 5.41) is 0.